The number of rotatable bonds is 2. The number of hydrogen-bond donors (Lipinski definition) is 1. The largest absolute Gasteiger partial charge is 0.476 e. The third-order valence-electron chi connectivity index (χ3n) is 2.27. The van der Waals surface area contributed by atoms with Crippen molar-refractivity contribution in [2.75, 3.05) is 0 Å². The Morgan fingerprint density at radius 3 is 2.82 bits per heavy atom. The van der Waals surface area contributed by atoms with Gasteiger partial charge in [-0.15, -0.1) is 0 Å². The molecule has 0 spiro atoms. The van der Waals surface area contributed by atoms with Gasteiger partial charge in [-0.05, 0) is 25.1 Å². The Hall–Kier alpha value is -1.88. The number of halogens is 2. The number of hydrogen-bond acceptors (Lipinski definition) is 2. The molecule has 0 saturated carbocycles. The van der Waals surface area contributed by atoms with E-state index in [-0.39, 0.29) is 16.4 Å². The molecule has 1 aromatic carbocycles. The van der Waals surface area contributed by atoms with Crippen molar-refractivity contribution in [3.05, 3.63) is 46.5 Å². The molecule has 2 aromatic rings. The predicted molar refractivity (Wildman–Crippen MR) is 60.2 cm³/mol. The third-order valence-corrected chi connectivity index (χ3v) is 2.56. The van der Waals surface area contributed by atoms with Crippen LogP contribution in [0.25, 0.3) is 5.69 Å². The number of benzene rings is 1. The van der Waals surface area contributed by atoms with E-state index in [0.717, 1.165) is 0 Å². The number of carboxylic acid groups (broad SMARTS) is 1. The van der Waals surface area contributed by atoms with Crippen molar-refractivity contribution >= 4 is 17.6 Å². The summed E-state index contributed by atoms with van der Waals surface area (Å²) >= 11 is 5.65. The van der Waals surface area contributed by atoms with Crippen molar-refractivity contribution in [1.82, 2.24) is 9.78 Å². The number of aryl methyl sites for hydroxylation is 1. The first-order valence-corrected chi connectivity index (χ1v) is 5.13. The van der Waals surface area contributed by atoms with Crippen LogP contribution in [0.1, 0.15) is 16.2 Å². The van der Waals surface area contributed by atoms with E-state index in [1.165, 1.54) is 22.9 Å². The summed E-state index contributed by atoms with van der Waals surface area (Å²) in [5.74, 6) is -1.79. The van der Waals surface area contributed by atoms with Crippen molar-refractivity contribution < 1.29 is 14.3 Å². The molecule has 88 valence electrons. The molecule has 0 bridgehead atoms. The zero-order valence-electron chi connectivity index (χ0n) is 8.82. The van der Waals surface area contributed by atoms with E-state index < -0.39 is 11.8 Å². The lowest BCUT2D eigenvalue weighted by Gasteiger charge is -2.06. The van der Waals surface area contributed by atoms with Crippen LogP contribution in [0.2, 0.25) is 5.02 Å². The van der Waals surface area contributed by atoms with E-state index in [1.807, 2.05) is 0 Å². The fourth-order valence-corrected chi connectivity index (χ4v) is 1.65. The predicted octanol–water partition coefficient (Wildman–Crippen LogP) is 2.67. The maximum atomic E-state index is 13.7. The molecule has 4 nitrogen and oxygen atoms in total. The first-order chi connectivity index (χ1) is 8.00. The van der Waals surface area contributed by atoms with E-state index in [9.17, 15) is 9.18 Å². The Kier molecular flexibility index (Phi) is 2.85. The SMILES string of the molecule is Cc1cc(C(=O)O)nn1-c1cccc(Cl)c1F. The summed E-state index contributed by atoms with van der Waals surface area (Å²) in [4.78, 5) is 10.8. The average molecular weight is 255 g/mol. The Labute approximate surface area is 101 Å². The summed E-state index contributed by atoms with van der Waals surface area (Å²) in [6.45, 7) is 1.64. The van der Waals surface area contributed by atoms with Crippen LogP contribution in [0.15, 0.2) is 24.3 Å². The first kappa shape index (κ1) is 11.6. The highest BCUT2D eigenvalue weighted by molar-refractivity contribution is 6.30. The van der Waals surface area contributed by atoms with E-state index in [1.54, 1.807) is 13.0 Å². The van der Waals surface area contributed by atoms with Crippen LogP contribution in [0.5, 0.6) is 0 Å². The van der Waals surface area contributed by atoms with Gasteiger partial charge in [-0.1, -0.05) is 17.7 Å². The summed E-state index contributed by atoms with van der Waals surface area (Å²) in [5, 5.41) is 12.6. The minimum atomic E-state index is -1.16. The molecule has 17 heavy (non-hydrogen) atoms. The molecule has 0 radical (unpaired) electrons. The number of carbonyl (C=O) groups is 1. The van der Waals surface area contributed by atoms with E-state index in [4.69, 9.17) is 16.7 Å². The van der Waals surface area contributed by atoms with Crippen LogP contribution in [0, 0.1) is 12.7 Å². The van der Waals surface area contributed by atoms with Crippen LogP contribution in [0.3, 0.4) is 0 Å². The molecule has 1 heterocycles. The second kappa shape index (κ2) is 4.18. The molecule has 0 aliphatic heterocycles. The van der Waals surface area contributed by atoms with Crippen LogP contribution >= 0.6 is 11.6 Å². The summed E-state index contributed by atoms with van der Waals surface area (Å²) < 4.78 is 15.0. The van der Waals surface area contributed by atoms with Gasteiger partial charge in [0, 0.05) is 5.69 Å². The van der Waals surface area contributed by atoms with Gasteiger partial charge in [-0.25, -0.2) is 13.9 Å². The quantitative estimate of drug-likeness (QED) is 0.896. The van der Waals surface area contributed by atoms with Crippen LogP contribution in [0.4, 0.5) is 4.39 Å². The van der Waals surface area contributed by atoms with Gasteiger partial charge >= 0.3 is 5.97 Å². The van der Waals surface area contributed by atoms with Gasteiger partial charge < -0.3 is 5.11 Å². The molecule has 6 heteroatoms. The fraction of sp³-hybridized carbons (Fsp3) is 0.0909. The summed E-state index contributed by atoms with van der Waals surface area (Å²) in [7, 11) is 0. The van der Waals surface area contributed by atoms with E-state index >= 15 is 0 Å². The summed E-state index contributed by atoms with van der Waals surface area (Å²) in [6, 6.07) is 5.83. The smallest absolute Gasteiger partial charge is 0.356 e. The van der Waals surface area contributed by atoms with Gasteiger partial charge in [0.1, 0.15) is 5.69 Å². The molecule has 0 saturated heterocycles. The molecule has 0 fully saturated rings. The Bertz CT molecular complexity index is 595. The Balaban J connectivity index is 2.60. The van der Waals surface area contributed by atoms with Crippen LogP contribution in [-0.2, 0) is 0 Å². The zero-order valence-corrected chi connectivity index (χ0v) is 9.57. The molecule has 2 rings (SSSR count). The van der Waals surface area contributed by atoms with Crippen molar-refractivity contribution in [1.29, 1.82) is 0 Å². The van der Waals surface area contributed by atoms with Gasteiger partial charge in [0.15, 0.2) is 11.5 Å². The maximum absolute atomic E-state index is 13.7. The number of aromatic nitrogens is 2. The molecule has 0 aliphatic rings. The number of carboxylic acids is 1. The molecular weight excluding hydrogens is 247 g/mol. The van der Waals surface area contributed by atoms with E-state index in [0.29, 0.717) is 5.69 Å². The summed E-state index contributed by atoms with van der Waals surface area (Å²) in [6.07, 6.45) is 0. The van der Waals surface area contributed by atoms with Crippen LogP contribution < -0.4 is 0 Å². The molecule has 0 amide bonds. The highest BCUT2D eigenvalue weighted by Crippen LogP contribution is 2.22. The van der Waals surface area contributed by atoms with Crippen molar-refractivity contribution in [3.63, 3.8) is 0 Å². The Morgan fingerprint density at radius 2 is 2.24 bits per heavy atom. The molecular formula is C11H8ClFN2O2. The maximum Gasteiger partial charge on any atom is 0.356 e. The topological polar surface area (TPSA) is 55.1 Å². The normalized spacial score (nSPS) is 10.5. The zero-order chi connectivity index (χ0) is 12.6. The molecule has 0 unspecified atom stereocenters. The Morgan fingerprint density at radius 1 is 1.53 bits per heavy atom. The lowest BCUT2D eigenvalue weighted by Crippen LogP contribution is -2.04. The number of nitrogens with zero attached hydrogens (tertiary/aromatic N) is 2. The minimum absolute atomic E-state index is 0.0331. The highest BCUT2D eigenvalue weighted by Gasteiger charge is 2.15. The van der Waals surface area contributed by atoms with Gasteiger partial charge in [0.2, 0.25) is 0 Å². The standard InChI is InChI=1S/C11H8ClFN2O2/c1-6-5-8(11(16)17)14-15(6)9-4-2-3-7(12)10(9)13/h2-5H,1H3,(H,16,17). The molecule has 0 aliphatic carbocycles. The second-order valence-electron chi connectivity index (χ2n) is 3.46. The van der Waals surface area contributed by atoms with Gasteiger partial charge in [-0.3, -0.25) is 0 Å². The molecule has 1 N–H and O–H groups in total. The summed E-state index contributed by atoms with van der Waals surface area (Å²) in [5.41, 5.74) is 0.507. The average Bonchev–Trinajstić information content (AvgIpc) is 2.65. The monoisotopic (exact) mass is 254 g/mol. The lowest BCUT2D eigenvalue weighted by atomic mass is 10.3. The van der Waals surface area contributed by atoms with Crippen molar-refractivity contribution in [2.45, 2.75) is 6.92 Å². The van der Waals surface area contributed by atoms with Gasteiger partial charge in [0.05, 0.1) is 5.02 Å². The van der Waals surface area contributed by atoms with Crippen LogP contribution in [-0.4, -0.2) is 20.9 Å². The lowest BCUT2D eigenvalue weighted by molar-refractivity contribution is 0.0690. The minimum Gasteiger partial charge on any atom is -0.476 e. The van der Waals surface area contributed by atoms with Gasteiger partial charge in [-0.2, -0.15) is 5.10 Å². The van der Waals surface area contributed by atoms with Gasteiger partial charge in [0.25, 0.3) is 0 Å². The number of aromatic carboxylic acids is 1. The van der Waals surface area contributed by atoms with Crippen molar-refractivity contribution in [2.24, 2.45) is 0 Å². The molecule has 1 aromatic heterocycles. The second-order valence-corrected chi connectivity index (χ2v) is 3.87. The first-order valence-electron chi connectivity index (χ1n) is 4.75. The van der Waals surface area contributed by atoms with E-state index in [2.05, 4.69) is 5.10 Å². The third kappa shape index (κ3) is 2.01. The fourth-order valence-electron chi connectivity index (χ4n) is 1.48. The molecule has 0 atom stereocenters. The van der Waals surface area contributed by atoms with Crippen molar-refractivity contribution in [3.8, 4) is 5.69 Å². The highest BCUT2D eigenvalue weighted by atomic mass is 35.5.